The summed E-state index contributed by atoms with van der Waals surface area (Å²) in [6, 6.07) is 18.7. The smallest absolute Gasteiger partial charge is 0.251 e. The standard InChI is InChI=1S/C20H17NO4/c22-17(16-7-3-5-13-4-1-2-6-15(13)16)11-21-20(23)14-8-9-18-19(10-14)25-12-24-18/h1-10,17,22H,11-12H2,(H,21,23)/t17-/m0/s1. The van der Waals surface area contributed by atoms with Crippen LogP contribution >= 0.6 is 0 Å². The van der Waals surface area contributed by atoms with Crippen molar-refractivity contribution in [2.75, 3.05) is 13.3 Å². The van der Waals surface area contributed by atoms with Gasteiger partial charge in [0, 0.05) is 12.1 Å². The number of carbonyl (C=O) groups is 1. The lowest BCUT2D eigenvalue weighted by atomic mass is 10.0. The summed E-state index contributed by atoms with van der Waals surface area (Å²) in [6.07, 6.45) is -0.788. The van der Waals surface area contributed by atoms with Gasteiger partial charge in [-0.15, -0.1) is 0 Å². The number of fused-ring (bicyclic) bond motifs is 2. The molecule has 1 atom stereocenters. The Labute approximate surface area is 144 Å². The number of hydrogen-bond acceptors (Lipinski definition) is 4. The monoisotopic (exact) mass is 335 g/mol. The van der Waals surface area contributed by atoms with Gasteiger partial charge in [0.15, 0.2) is 11.5 Å². The molecule has 0 fully saturated rings. The lowest BCUT2D eigenvalue weighted by Crippen LogP contribution is -2.28. The predicted octanol–water partition coefficient (Wildman–Crippen LogP) is 3.03. The minimum absolute atomic E-state index is 0.126. The third kappa shape index (κ3) is 3.02. The zero-order valence-electron chi connectivity index (χ0n) is 13.4. The van der Waals surface area contributed by atoms with E-state index in [1.807, 2.05) is 42.5 Å². The first kappa shape index (κ1) is 15.5. The molecule has 0 saturated carbocycles. The summed E-state index contributed by atoms with van der Waals surface area (Å²) in [5.41, 5.74) is 1.26. The van der Waals surface area contributed by atoms with Crippen LogP contribution in [0.5, 0.6) is 11.5 Å². The Morgan fingerprint density at radius 2 is 1.84 bits per heavy atom. The number of ether oxygens (including phenoxy) is 2. The molecule has 4 rings (SSSR count). The second-order valence-electron chi connectivity index (χ2n) is 5.86. The molecule has 1 heterocycles. The molecule has 1 aliphatic heterocycles. The van der Waals surface area contributed by atoms with E-state index in [1.54, 1.807) is 18.2 Å². The lowest BCUT2D eigenvalue weighted by Gasteiger charge is -2.15. The molecule has 0 unspecified atom stereocenters. The van der Waals surface area contributed by atoms with E-state index < -0.39 is 6.10 Å². The fourth-order valence-electron chi connectivity index (χ4n) is 2.98. The summed E-state index contributed by atoms with van der Waals surface area (Å²) in [5, 5.41) is 15.3. The number of nitrogens with one attached hydrogen (secondary N) is 1. The van der Waals surface area contributed by atoms with Gasteiger partial charge in [0.2, 0.25) is 6.79 Å². The molecule has 1 amide bonds. The van der Waals surface area contributed by atoms with Crippen LogP contribution in [0.2, 0.25) is 0 Å². The molecule has 5 nitrogen and oxygen atoms in total. The van der Waals surface area contributed by atoms with Crippen LogP contribution in [-0.2, 0) is 0 Å². The molecule has 3 aromatic carbocycles. The molecule has 0 aromatic heterocycles. The van der Waals surface area contributed by atoms with Crippen LogP contribution in [-0.4, -0.2) is 24.4 Å². The highest BCUT2D eigenvalue weighted by Gasteiger charge is 2.17. The van der Waals surface area contributed by atoms with Crippen LogP contribution in [0.15, 0.2) is 60.7 Å². The van der Waals surface area contributed by atoms with Gasteiger partial charge in [0.05, 0.1) is 6.10 Å². The van der Waals surface area contributed by atoms with Crippen molar-refractivity contribution in [1.29, 1.82) is 0 Å². The number of aliphatic hydroxyl groups excluding tert-OH is 1. The zero-order chi connectivity index (χ0) is 17.2. The normalized spacial score (nSPS) is 13.6. The molecule has 0 saturated heterocycles. The van der Waals surface area contributed by atoms with E-state index in [1.165, 1.54) is 0 Å². The van der Waals surface area contributed by atoms with Gasteiger partial charge in [0.1, 0.15) is 0 Å². The average molecular weight is 335 g/mol. The third-order valence-electron chi connectivity index (χ3n) is 4.27. The van der Waals surface area contributed by atoms with Crippen LogP contribution in [0, 0.1) is 0 Å². The highest BCUT2D eigenvalue weighted by molar-refractivity contribution is 5.95. The predicted molar refractivity (Wildman–Crippen MR) is 93.8 cm³/mol. The maximum Gasteiger partial charge on any atom is 0.251 e. The van der Waals surface area contributed by atoms with Gasteiger partial charge in [-0.3, -0.25) is 4.79 Å². The Morgan fingerprint density at radius 3 is 2.76 bits per heavy atom. The minimum Gasteiger partial charge on any atom is -0.454 e. The first-order valence-electron chi connectivity index (χ1n) is 8.06. The summed E-state index contributed by atoms with van der Waals surface area (Å²) in [4.78, 5) is 12.3. The molecule has 5 heteroatoms. The van der Waals surface area contributed by atoms with E-state index in [2.05, 4.69) is 5.32 Å². The van der Waals surface area contributed by atoms with Gasteiger partial charge in [-0.05, 0) is 34.5 Å². The van der Waals surface area contributed by atoms with Gasteiger partial charge >= 0.3 is 0 Å². The van der Waals surface area contributed by atoms with E-state index in [0.29, 0.717) is 17.1 Å². The Morgan fingerprint density at radius 1 is 1.04 bits per heavy atom. The van der Waals surface area contributed by atoms with E-state index in [-0.39, 0.29) is 19.2 Å². The van der Waals surface area contributed by atoms with E-state index in [9.17, 15) is 9.90 Å². The second-order valence-corrected chi connectivity index (χ2v) is 5.86. The van der Waals surface area contributed by atoms with Gasteiger partial charge in [-0.2, -0.15) is 0 Å². The maximum absolute atomic E-state index is 12.3. The van der Waals surface area contributed by atoms with E-state index in [4.69, 9.17) is 9.47 Å². The van der Waals surface area contributed by atoms with Crippen LogP contribution in [0.4, 0.5) is 0 Å². The summed E-state index contributed by atoms with van der Waals surface area (Å²) in [7, 11) is 0. The Balaban J connectivity index is 1.48. The van der Waals surface area contributed by atoms with Crippen molar-refractivity contribution in [1.82, 2.24) is 5.32 Å². The molecule has 0 radical (unpaired) electrons. The van der Waals surface area contributed by atoms with Gasteiger partial charge in [-0.25, -0.2) is 0 Å². The molecular weight excluding hydrogens is 318 g/mol. The Bertz CT molecular complexity index is 933. The van der Waals surface area contributed by atoms with Gasteiger partial charge < -0.3 is 19.9 Å². The summed E-state index contributed by atoms with van der Waals surface area (Å²) in [6.45, 7) is 0.293. The number of amides is 1. The molecule has 126 valence electrons. The molecule has 0 bridgehead atoms. The molecule has 2 N–H and O–H groups in total. The van der Waals surface area contributed by atoms with Crippen LogP contribution in [0.3, 0.4) is 0 Å². The molecule has 0 aliphatic carbocycles. The van der Waals surface area contributed by atoms with E-state index >= 15 is 0 Å². The molecule has 1 aliphatic rings. The number of carbonyl (C=O) groups excluding carboxylic acids is 1. The molecule has 3 aromatic rings. The summed E-state index contributed by atoms with van der Waals surface area (Å²) >= 11 is 0. The Hall–Kier alpha value is -3.05. The molecule has 0 spiro atoms. The molecule has 25 heavy (non-hydrogen) atoms. The number of benzene rings is 3. The topological polar surface area (TPSA) is 67.8 Å². The fourth-order valence-corrected chi connectivity index (χ4v) is 2.98. The highest BCUT2D eigenvalue weighted by atomic mass is 16.7. The second kappa shape index (κ2) is 6.45. The minimum atomic E-state index is -0.788. The van der Waals surface area contributed by atoms with Crippen LogP contribution in [0.25, 0.3) is 10.8 Å². The summed E-state index contributed by atoms with van der Waals surface area (Å²) < 4.78 is 10.5. The van der Waals surface area contributed by atoms with Crippen molar-refractivity contribution in [3.63, 3.8) is 0 Å². The number of rotatable bonds is 4. The van der Waals surface area contributed by atoms with Crippen molar-refractivity contribution >= 4 is 16.7 Å². The summed E-state index contributed by atoms with van der Waals surface area (Å²) in [5.74, 6) is 0.923. The van der Waals surface area contributed by atoms with Crippen molar-refractivity contribution in [2.24, 2.45) is 0 Å². The lowest BCUT2D eigenvalue weighted by molar-refractivity contribution is 0.0916. The fraction of sp³-hybridized carbons (Fsp3) is 0.150. The SMILES string of the molecule is O=C(NC[C@H](O)c1cccc2ccccc12)c1ccc2c(c1)OCO2. The third-order valence-corrected chi connectivity index (χ3v) is 4.27. The van der Waals surface area contributed by atoms with Gasteiger partial charge in [0.25, 0.3) is 5.91 Å². The van der Waals surface area contributed by atoms with Crippen LogP contribution < -0.4 is 14.8 Å². The van der Waals surface area contributed by atoms with E-state index in [0.717, 1.165) is 16.3 Å². The van der Waals surface area contributed by atoms with Crippen molar-refractivity contribution < 1.29 is 19.4 Å². The number of aliphatic hydroxyl groups is 1. The highest BCUT2D eigenvalue weighted by Crippen LogP contribution is 2.32. The van der Waals surface area contributed by atoms with Crippen LogP contribution in [0.1, 0.15) is 22.0 Å². The maximum atomic E-state index is 12.3. The number of hydrogen-bond donors (Lipinski definition) is 2. The van der Waals surface area contributed by atoms with Crippen molar-refractivity contribution in [3.05, 3.63) is 71.8 Å². The van der Waals surface area contributed by atoms with Crippen molar-refractivity contribution in [2.45, 2.75) is 6.10 Å². The van der Waals surface area contributed by atoms with Gasteiger partial charge in [-0.1, -0.05) is 42.5 Å². The first-order valence-corrected chi connectivity index (χ1v) is 8.06. The zero-order valence-corrected chi connectivity index (χ0v) is 13.4. The van der Waals surface area contributed by atoms with Crippen molar-refractivity contribution in [3.8, 4) is 11.5 Å². The average Bonchev–Trinajstić information content (AvgIpc) is 3.13. The Kier molecular flexibility index (Phi) is 3.99. The largest absolute Gasteiger partial charge is 0.454 e. The molecular formula is C20H17NO4. The first-order chi connectivity index (χ1) is 12.2. The quantitative estimate of drug-likeness (QED) is 0.769.